The summed E-state index contributed by atoms with van der Waals surface area (Å²) in [5, 5.41) is 4.62. The molecule has 0 aliphatic heterocycles. The summed E-state index contributed by atoms with van der Waals surface area (Å²) < 4.78 is 10.2. The SMILES string of the molecule is c1ccc2c(-c3ccc(-c4cocn4)nc3)c3ccccc3c(-c3ccc(-c4cocn4)nc3)c2c1. The maximum absolute atomic E-state index is 5.12. The van der Waals surface area contributed by atoms with Crippen LogP contribution in [0.4, 0.5) is 0 Å². The number of benzene rings is 3. The lowest BCUT2D eigenvalue weighted by molar-refractivity contribution is 0.558. The summed E-state index contributed by atoms with van der Waals surface area (Å²) in [5.41, 5.74) is 7.36. The van der Waals surface area contributed by atoms with Crippen molar-refractivity contribution in [2.75, 3.05) is 0 Å². The van der Waals surface area contributed by atoms with Crippen molar-refractivity contribution in [1.29, 1.82) is 0 Å². The van der Waals surface area contributed by atoms with Crippen LogP contribution in [0.5, 0.6) is 0 Å². The van der Waals surface area contributed by atoms with E-state index in [1.54, 1.807) is 12.5 Å². The van der Waals surface area contributed by atoms with Gasteiger partial charge in [0, 0.05) is 23.5 Å². The number of hydrogen-bond acceptors (Lipinski definition) is 6. The van der Waals surface area contributed by atoms with Crippen LogP contribution in [-0.4, -0.2) is 19.9 Å². The maximum atomic E-state index is 5.12. The lowest BCUT2D eigenvalue weighted by atomic mass is 9.86. The fourth-order valence-electron chi connectivity index (χ4n) is 4.82. The highest BCUT2D eigenvalue weighted by Gasteiger charge is 2.17. The van der Waals surface area contributed by atoms with Crippen LogP contribution in [-0.2, 0) is 0 Å². The van der Waals surface area contributed by atoms with Gasteiger partial charge in [0.15, 0.2) is 12.8 Å². The molecule has 7 rings (SSSR count). The molecule has 0 atom stereocenters. The van der Waals surface area contributed by atoms with E-state index in [1.807, 2.05) is 24.5 Å². The summed E-state index contributed by atoms with van der Waals surface area (Å²) >= 11 is 0. The second kappa shape index (κ2) is 8.29. The molecule has 36 heavy (non-hydrogen) atoms. The normalized spacial score (nSPS) is 11.3. The van der Waals surface area contributed by atoms with E-state index in [0.717, 1.165) is 55.2 Å². The number of pyridine rings is 2. The molecular formula is C30H18N4O2. The van der Waals surface area contributed by atoms with Gasteiger partial charge in [-0.3, -0.25) is 9.97 Å². The van der Waals surface area contributed by atoms with Crippen LogP contribution in [0.25, 0.3) is 66.6 Å². The molecule has 0 saturated carbocycles. The third-order valence-electron chi connectivity index (χ3n) is 6.43. The second-order valence-corrected chi connectivity index (χ2v) is 8.45. The fraction of sp³-hybridized carbons (Fsp3) is 0. The Balaban J connectivity index is 1.45. The summed E-state index contributed by atoms with van der Waals surface area (Å²) in [5.74, 6) is 0. The average Bonchev–Trinajstić information content (AvgIpc) is 3.67. The van der Waals surface area contributed by atoms with Crippen LogP contribution < -0.4 is 0 Å². The van der Waals surface area contributed by atoms with Crippen LogP contribution >= 0.6 is 0 Å². The zero-order chi connectivity index (χ0) is 23.9. The van der Waals surface area contributed by atoms with E-state index in [4.69, 9.17) is 8.83 Å². The van der Waals surface area contributed by atoms with Crippen LogP contribution in [0, 0.1) is 0 Å². The van der Waals surface area contributed by atoms with Crippen molar-refractivity contribution in [1.82, 2.24) is 19.9 Å². The minimum Gasteiger partial charge on any atom is -0.451 e. The number of nitrogens with zero attached hydrogens (tertiary/aromatic N) is 4. The van der Waals surface area contributed by atoms with E-state index < -0.39 is 0 Å². The Morgan fingerprint density at radius 1 is 0.417 bits per heavy atom. The monoisotopic (exact) mass is 466 g/mol. The first-order valence-corrected chi connectivity index (χ1v) is 11.5. The second-order valence-electron chi connectivity index (χ2n) is 8.45. The smallest absolute Gasteiger partial charge is 0.181 e. The molecule has 0 aliphatic carbocycles. The predicted molar refractivity (Wildman–Crippen MR) is 139 cm³/mol. The summed E-state index contributed by atoms with van der Waals surface area (Å²) in [6, 6.07) is 25.1. The first-order valence-electron chi connectivity index (χ1n) is 11.5. The summed E-state index contributed by atoms with van der Waals surface area (Å²) in [7, 11) is 0. The lowest BCUT2D eigenvalue weighted by Crippen LogP contribution is -1.92. The van der Waals surface area contributed by atoms with Gasteiger partial charge >= 0.3 is 0 Å². The molecule has 0 amide bonds. The molecule has 0 bridgehead atoms. The summed E-state index contributed by atoms with van der Waals surface area (Å²) in [6.07, 6.45) is 9.85. The molecule has 170 valence electrons. The molecule has 0 saturated heterocycles. The van der Waals surface area contributed by atoms with Crippen molar-refractivity contribution in [3.8, 4) is 45.0 Å². The highest BCUT2D eigenvalue weighted by molar-refractivity contribution is 6.21. The Morgan fingerprint density at radius 2 is 0.833 bits per heavy atom. The summed E-state index contributed by atoms with van der Waals surface area (Å²) in [4.78, 5) is 17.8. The van der Waals surface area contributed by atoms with Crippen molar-refractivity contribution in [3.63, 3.8) is 0 Å². The first kappa shape index (κ1) is 20.3. The Hall–Kier alpha value is -5.10. The molecule has 0 unspecified atom stereocenters. The first-order chi connectivity index (χ1) is 17.9. The topological polar surface area (TPSA) is 77.8 Å². The largest absolute Gasteiger partial charge is 0.451 e. The maximum Gasteiger partial charge on any atom is 0.181 e. The molecule has 7 aromatic rings. The molecule has 6 nitrogen and oxygen atoms in total. The summed E-state index contributed by atoms with van der Waals surface area (Å²) in [6.45, 7) is 0. The van der Waals surface area contributed by atoms with E-state index in [9.17, 15) is 0 Å². The van der Waals surface area contributed by atoms with Gasteiger partial charge in [0.1, 0.15) is 23.9 Å². The highest BCUT2D eigenvalue weighted by atomic mass is 16.3. The van der Waals surface area contributed by atoms with Crippen molar-refractivity contribution in [3.05, 3.63) is 111 Å². The molecule has 0 spiro atoms. The minimum absolute atomic E-state index is 0.716. The Kier molecular flexibility index (Phi) is 4.67. The number of rotatable bonds is 4. The average molecular weight is 467 g/mol. The van der Waals surface area contributed by atoms with E-state index in [2.05, 4.69) is 80.6 Å². The highest BCUT2D eigenvalue weighted by Crippen LogP contribution is 2.43. The number of fused-ring (bicyclic) bond motifs is 2. The van der Waals surface area contributed by atoms with Gasteiger partial charge in [0.05, 0.1) is 11.4 Å². The zero-order valence-corrected chi connectivity index (χ0v) is 19.0. The quantitative estimate of drug-likeness (QED) is 0.251. The molecule has 0 radical (unpaired) electrons. The Bertz CT molecular complexity index is 1610. The third-order valence-corrected chi connectivity index (χ3v) is 6.43. The molecule has 0 N–H and O–H groups in total. The molecule has 0 fully saturated rings. The molecule has 6 heteroatoms. The van der Waals surface area contributed by atoms with Crippen molar-refractivity contribution < 1.29 is 8.83 Å². The van der Waals surface area contributed by atoms with Gasteiger partial charge in [0.25, 0.3) is 0 Å². The van der Waals surface area contributed by atoms with E-state index in [-0.39, 0.29) is 0 Å². The van der Waals surface area contributed by atoms with E-state index in [1.165, 1.54) is 12.8 Å². The molecule has 0 aliphatic rings. The van der Waals surface area contributed by atoms with Gasteiger partial charge in [-0.25, -0.2) is 9.97 Å². The van der Waals surface area contributed by atoms with Crippen LogP contribution in [0.1, 0.15) is 0 Å². The van der Waals surface area contributed by atoms with E-state index >= 15 is 0 Å². The Labute approximate surface area is 205 Å². The van der Waals surface area contributed by atoms with Gasteiger partial charge in [-0.2, -0.15) is 0 Å². The number of hydrogen-bond donors (Lipinski definition) is 0. The van der Waals surface area contributed by atoms with Gasteiger partial charge in [0.2, 0.25) is 0 Å². The van der Waals surface area contributed by atoms with E-state index in [0.29, 0.717) is 11.4 Å². The molecule has 4 heterocycles. The minimum atomic E-state index is 0.716. The van der Waals surface area contributed by atoms with Gasteiger partial charge < -0.3 is 8.83 Å². The lowest BCUT2D eigenvalue weighted by Gasteiger charge is -2.17. The standard InChI is InChI=1S/C30H18N4O2/c1-2-6-22-21(5-1)29(19-9-11-25(31-13-19)27-15-35-17-33-27)23-7-3-4-8-24(23)30(22)20-10-12-26(32-14-20)28-16-36-18-34-28/h1-18H. The predicted octanol–water partition coefficient (Wildman–Crippen LogP) is 7.43. The van der Waals surface area contributed by atoms with Gasteiger partial charge in [-0.05, 0) is 44.8 Å². The van der Waals surface area contributed by atoms with Gasteiger partial charge in [-0.1, -0.05) is 60.7 Å². The molecular weight excluding hydrogens is 448 g/mol. The number of aromatic nitrogens is 4. The van der Waals surface area contributed by atoms with Crippen molar-refractivity contribution >= 4 is 21.5 Å². The molecule has 3 aromatic carbocycles. The Morgan fingerprint density at radius 3 is 1.14 bits per heavy atom. The number of oxazole rings is 2. The zero-order valence-electron chi connectivity index (χ0n) is 19.0. The van der Waals surface area contributed by atoms with Crippen LogP contribution in [0.3, 0.4) is 0 Å². The van der Waals surface area contributed by atoms with Crippen LogP contribution in [0.15, 0.2) is 119 Å². The van der Waals surface area contributed by atoms with Gasteiger partial charge in [-0.15, -0.1) is 0 Å². The van der Waals surface area contributed by atoms with Crippen LogP contribution in [0.2, 0.25) is 0 Å². The fourth-order valence-corrected chi connectivity index (χ4v) is 4.82. The van der Waals surface area contributed by atoms with Crippen molar-refractivity contribution in [2.45, 2.75) is 0 Å². The third kappa shape index (κ3) is 3.27. The molecule has 4 aromatic heterocycles. The van der Waals surface area contributed by atoms with Crippen molar-refractivity contribution in [2.24, 2.45) is 0 Å².